The Morgan fingerprint density at radius 3 is 2.39 bits per heavy atom. The highest BCUT2D eigenvalue weighted by atomic mass is 79.9. The molecule has 0 aromatic heterocycles. The van der Waals surface area contributed by atoms with Gasteiger partial charge in [-0.15, -0.1) is 13.2 Å². The van der Waals surface area contributed by atoms with Crippen LogP contribution in [0.2, 0.25) is 0 Å². The molecule has 2 rings (SSSR count). The van der Waals surface area contributed by atoms with Gasteiger partial charge >= 0.3 is 18.5 Å². The molecule has 1 aliphatic rings. The van der Waals surface area contributed by atoms with Crippen LogP contribution in [0.5, 0.6) is 5.75 Å². The summed E-state index contributed by atoms with van der Waals surface area (Å²) in [5.74, 6) is -4.62. The zero-order chi connectivity index (χ0) is 23.7. The Bertz CT molecular complexity index is 1010. The highest BCUT2D eigenvalue weighted by Gasteiger charge is 2.43. The van der Waals surface area contributed by atoms with Gasteiger partial charge in [0, 0.05) is 0 Å². The number of halogens is 7. The number of hydrogen-bond donors (Lipinski definition) is 1. The van der Waals surface area contributed by atoms with Crippen LogP contribution < -0.4 is 10.5 Å². The normalized spacial score (nSPS) is 17.2. The van der Waals surface area contributed by atoms with E-state index in [1.165, 1.54) is 13.8 Å². The number of nitriles is 1. The van der Waals surface area contributed by atoms with E-state index in [9.17, 15) is 36.4 Å². The van der Waals surface area contributed by atoms with E-state index < -0.39 is 51.7 Å². The van der Waals surface area contributed by atoms with Gasteiger partial charge in [0.2, 0.25) is 5.88 Å². The lowest BCUT2D eigenvalue weighted by Crippen LogP contribution is -2.26. The van der Waals surface area contributed by atoms with Crippen LogP contribution in [-0.4, -0.2) is 18.9 Å². The van der Waals surface area contributed by atoms with Crippen LogP contribution in [-0.2, 0) is 20.4 Å². The molecular weight excluding hydrogens is 502 g/mol. The first-order valence-corrected chi connectivity index (χ1v) is 9.12. The van der Waals surface area contributed by atoms with E-state index in [4.69, 9.17) is 15.2 Å². The first kappa shape index (κ1) is 24.4. The number of benzene rings is 1. The van der Waals surface area contributed by atoms with Crippen LogP contribution in [0.15, 0.2) is 39.4 Å². The first-order valence-electron chi connectivity index (χ1n) is 8.33. The SMILES string of the molecule is CCOC(=O)C1=C(C)OC(N)=C(C#N)C1c1cc(Br)c(OC(F)(F)F)c(C(F)(F)F)c1. The molecule has 1 atom stereocenters. The van der Waals surface area contributed by atoms with Crippen molar-refractivity contribution in [1.29, 1.82) is 5.26 Å². The summed E-state index contributed by atoms with van der Waals surface area (Å²) < 4.78 is 91.5. The second-order valence-corrected chi connectivity index (χ2v) is 6.89. The molecule has 1 heterocycles. The van der Waals surface area contributed by atoms with Crippen molar-refractivity contribution < 1.29 is 45.3 Å². The van der Waals surface area contributed by atoms with Crippen LogP contribution in [0.25, 0.3) is 0 Å². The van der Waals surface area contributed by atoms with Crippen LogP contribution in [0.4, 0.5) is 26.3 Å². The van der Waals surface area contributed by atoms with Gasteiger partial charge in [-0.05, 0) is 47.5 Å². The Hall–Kier alpha value is -2.88. The minimum Gasteiger partial charge on any atom is -0.463 e. The molecule has 6 nitrogen and oxygen atoms in total. The van der Waals surface area contributed by atoms with Crippen molar-refractivity contribution in [2.24, 2.45) is 5.73 Å². The number of nitrogens with two attached hydrogens (primary N) is 1. The number of allylic oxidation sites excluding steroid dienone is 2. The summed E-state index contributed by atoms with van der Waals surface area (Å²) in [4.78, 5) is 12.4. The van der Waals surface area contributed by atoms with Gasteiger partial charge in [0.05, 0.1) is 28.1 Å². The maximum Gasteiger partial charge on any atom is 0.573 e. The zero-order valence-corrected chi connectivity index (χ0v) is 17.3. The minimum atomic E-state index is -5.41. The maximum absolute atomic E-state index is 13.6. The Morgan fingerprint density at radius 1 is 1.29 bits per heavy atom. The number of alkyl halides is 6. The fraction of sp³-hybridized carbons (Fsp3) is 0.333. The summed E-state index contributed by atoms with van der Waals surface area (Å²) >= 11 is 2.65. The number of hydrogen-bond acceptors (Lipinski definition) is 6. The molecule has 2 N–H and O–H groups in total. The quantitative estimate of drug-likeness (QED) is 0.448. The molecule has 0 amide bonds. The van der Waals surface area contributed by atoms with Crippen molar-refractivity contribution in [1.82, 2.24) is 0 Å². The number of esters is 1. The second-order valence-electron chi connectivity index (χ2n) is 6.04. The van der Waals surface area contributed by atoms with Crippen molar-refractivity contribution in [3.05, 3.63) is 50.5 Å². The Labute approximate surface area is 180 Å². The fourth-order valence-corrected chi connectivity index (χ4v) is 3.46. The maximum atomic E-state index is 13.6. The highest BCUT2D eigenvalue weighted by Crippen LogP contribution is 2.47. The second kappa shape index (κ2) is 8.70. The monoisotopic (exact) mass is 514 g/mol. The van der Waals surface area contributed by atoms with E-state index in [-0.39, 0.29) is 23.5 Å². The summed E-state index contributed by atoms with van der Waals surface area (Å²) in [6, 6.07) is 2.87. The Kier molecular flexibility index (Phi) is 6.84. The molecule has 1 unspecified atom stereocenters. The lowest BCUT2D eigenvalue weighted by Gasteiger charge is -2.28. The molecule has 0 bridgehead atoms. The van der Waals surface area contributed by atoms with Gasteiger partial charge in [-0.2, -0.15) is 18.4 Å². The van der Waals surface area contributed by atoms with E-state index in [2.05, 4.69) is 20.7 Å². The average Bonchev–Trinajstić information content (AvgIpc) is 2.60. The number of nitrogens with zero attached hydrogens (tertiary/aromatic N) is 1. The molecule has 168 valence electrons. The topological polar surface area (TPSA) is 94.6 Å². The zero-order valence-electron chi connectivity index (χ0n) is 15.7. The Balaban J connectivity index is 2.81. The van der Waals surface area contributed by atoms with Gasteiger partial charge in [0.15, 0.2) is 5.75 Å². The molecule has 0 radical (unpaired) electrons. The molecule has 0 fully saturated rings. The molecule has 1 aromatic rings. The predicted molar refractivity (Wildman–Crippen MR) is 95.8 cm³/mol. The third-order valence-corrected chi connectivity index (χ3v) is 4.61. The van der Waals surface area contributed by atoms with Gasteiger partial charge in [-0.3, -0.25) is 0 Å². The van der Waals surface area contributed by atoms with Crippen molar-refractivity contribution in [2.75, 3.05) is 6.61 Å². The summed E-state index contributed by atoms with van der Waals surface area (Å²) in [6.45, 7) is 2.66. The molecular formula is C18H13BrF6N2O4. The lowest BCUT2D eigenvalue weighted by atomic mass is 9.82. The first-order chi connectivity index (χ1) is 14.2. The van der Waals surface area contributed by atoms with Crippen molar-refractivity contribution in [2.45, 2.75) is 32.3 Å². The van der Waals surface area contributed by atoms with Gasteiger partial charge in [0.25, 0.3) is 0 Å². The highest BCUT2D eigenvalue weighted by molar-refractivity contribution is 9.10. The average molecular weight is 515 g/mol. The summed E-state index contributed by atoms with van der Waals surface area (Å²) in [7, 11) is 0. The molecule has 13 heteroatoms. The third kappa shape index (κ3) is 5.25. The van der Waals surface area contributed by atoms with Crippen molar-refractivity contribution >= 4 is 21.9 Å². The van der Waals surface area contributed by atoms with E-state index >= 15 is 0 Å². The van der Waals surface area contributed by atoms with Crippen LogP contribution in [0.3, 0.4) is 0 Å². The molecule has 31 heavy (non-hydrogen) atoms. The van der Waals surface area contributed by atoms with Crippen LogP contribution in [0.1, 0.15) is 30.9 Å². The lowest BCUT2D eigenvalue weighted by molar-refractivity contribution is -0.276. The van der Waals surface area contributed by atoms with Gasteiger partial charge in [-0.1, -0.05) is 0 Å². The van der Waals surface area contributed by atoms with Gasteiger partial charge in [0.1, 0.15) is 17.4 Å². The van der Waals surface area contributed by atoms with E-state index in [0.717, 1.165) is 6.07 Å². The predicted octanol–water partition coefficient (Wildman–Crippen LogP) is 5.01. The molecule has 1 aromatic carbocycles. The minimum absolute atomic E-state index is 0.0979. The van der Waals surface area contributed by atoms with Gasteiger partial charge in [-0.25, -0.2) is 4.79 Å². The largest absolute Gasteiger partial charge is 0.573 e. The summed E-state index contributed by atoms with van der Waals surface area (Å²) in [5, 5.41) is 9.46. The number of rotatable bonds is 4. The summed E-state index contributed by atoms with van der Waals surface area (Å²) in [5.41, 5.74) is 2.78. The molecule has 0 aliphatic carbocycles. The van der Waals surface area contributed by atoms with E-state index in [1.54, 1.807) is 6.07 Å². The Morgan fingerprint density at radius 2 is 1.90 bits per heavy atom. The molecule has 0 saturated heterocycles. The van der Waals surface area contributed by atoms with E-state index in [1.807, 2.05) is 0 Å². The van der Waals surface area contributed by atoms with E-state index in [0.29, 0.717) is 6.07 Å². The molecule has 0 saturated carbocycles. The van der Waals surface area contributed by atoms with Crippen LogP contribution >= 0.6 is 15.9 Å². The molecule has 0 spiro atoms. The smallest absolute Gasteiger partial charge is 0.463 e. The standard InChI is InChI=1S/C18H13BrF6N2O4/c1-3-29-16(28)12-7(2)30-15(27)9(6-26)13(12)8-4-10(17(20,21)22)14(11(19)5-8)31-18(23,24)25/h4-5,13H,3,27H2,1-2H3. The number of carbonyl (C=O) groups excluding carboxylic acids is 1. The van der Waals surface area contributed by atoms with Crippen molar-refractivity contribution in [3.8, 4) is 11.8 Å². The van der Waals surface area contributed by atoms with Crippen molar-refractivity contribution in [3.63, 3.8) is 0 Å². The molecule has 1 aliphatic heterocycles. The van der Waals surface area contributed by atoms with Gasteiger partial charge < -0.3 is 19.9 Å². The summed E-state index contributed by atoms with van der Waals surface area (Å²) in [6.07, 6.45) is -10.7. The fourth-order valence-electron chi connectivity index (χ4n) is 2.90. The number of carbonyl (C=O) groups is 1. The van der Waals surface area contributed by atoms with Crippen LogP contribution in [0, 0.1) is 11.3 Å². The number of ether oxygens (including phenoxy) is 3. The third-order valence-electron chi connectivity index (χ3n) is 4.02.